The number of carbonyl (C=O) groups excluding carboxylic acids is 1. The zero-order valence-corrected chi connectivity index (χ0v) is 12.4. The molecule has 1 saturated heterocycles. The maximum Gasteiger partial charge on any atom is 0.257 e. The van der Waals surface area contributed by atoms with Crippen molar-refractivity contribution < 1.29 is 9.21 Å². The van der Waals surface area contributed by atoms with E-state index in [9.17, 15) is 4.79 Å². The molecule has 0 radical (unpaired) electrons. The molecule has 106 valence electrons. The number of hydrogen-bond donors (Lipinski definition) is 1. The highest BCUT2D eigenvalue weighted by Crippen LogP contribution is 2.24. The van der Waals surface area contributed by atoms with Crippen molar-refractivity contribution in [2.24, 2.45) is 0 Å². The van der Waals surface area contributed by atoms with Gasteiger partial charge >= 0.3 is 0 Å². The normalized spacial score (nSPS) is 20.1. The van der Waals surface area contributed by atoms with Gasteiger partial charge in [-0.1, -0.05) is 0 Å². The van der Waals surface area contributed by atoms with Crippen LogP contribution < -0.4 is 5.32 Å². The van der Waals surface area contributed by atoms with Crippen molar-refractivity contribution in [1.29, 1.82) is 0 Å². The van der Waals surface area contributed by atoms with Crippen LogP contribution in [0, 0.1) is 20.8 Å². The van der Waals surface area contributed by atoms with Gasteiger partial charge in [-0.15, -0.1) is 0 Å². The molecule has 0 spiro atoms. The van der Waals surface area contributed by atoms with Crippen LogP contribution in [-0.4, -0.2) is 37.0 Å². The van der Waals surface area contributed by atoms with Crippen molar-refractivity contribution in [3.05, 3.63) is 22.6 Å². The summed E-state index contributed by atoms with van der Waals surface area (Å²) in [5.74, 6) is 1.68. The fourth-order valence-corrected chi connectivity index (χ4v) is 2.84. The Labute approximate surface area is 115 Å². The number of amides is 1. The molecule has 0 saturated carbocycles. The van der Waals surface area contributed by atoms with Gasteiger partial charge in [0.05, 0.1) is 5.56 Å². The van der Waals surface area contributed by atoms with Gasteiger partial charge in [-0.25, -0.2) is 0 Å². The van der Waals surface area contributed by atoms with Crippen LogP contribution in [0.4, 0.5) is 0 Å². The van der Waals surface area contributed by atoms with Gasteiger partial charge in [0.15, 0.2) is 0 Å². The van der Waals surface area contributed by atoms with Gasteiger partial charge in [0.25, 0.3) is 5.91 Å². The van der Waals surface area contributed by atoms with Crippen LogP contribution in [0.1, 0.15) is 46.7 Å². The molecular weight excluding hydrogens is 240 g/mol. The maximum absolute atomic E-state index is 12.7. The van der Waals surface area contributed by atoms with E-state index in [0.717, 1.165) is 55.0 Å². The van der Waals surface area contributed by atoms with E-state index in [2.05, 4.69) is 5.32 Å². The lowest BCUT2D eigenvalue weighted by Crippen LogP contribution is -2.38. The summed E-state index contributed by atoms with van der Waals surface area (Å²) in [6.45, 7) is 7.79. The van der Waals surface area contributed by atoms with Crippen molar-refractivity contribution >= 4 is 5.91 Å². The van der Waals surface area contributed by atoms with Gasteiger partial charge in [-0.3, -0.25) is 4.79 Å². The van der Waals surface area contributed by atoms with E-state index < -0.39 is 0 Å². The molecule has 2 heterocycles. The Bertz CT molecular complexity index is 457. The highest BCUT2D eigenvalue weighted by atomic mass is 16.3. The summed E-state index contributed by atoms with van der Waals surface area (Å²) in [5, 5.41) is 3.38. The lowest BCUT2D eigenvalue weighted by atomic mass is 10.0. The molecule has 1 N–H and O–H groups in total. The predicted molar refractivity (Wildman–Crippen MR) is 75.5 cm³/mol. The number of hydrogen-bond acceptors (Lipinski definition) is 3. The first-order chi connectivity index (χ1) is 9.02. The maximum atomic E-state index is 12.7. The van der Waals surface area contributed by atoms with Crippen LogP contribution in [0.3, 0.4) is 0 Å². The monoisotopic (exact) mass is 264 g/mol. The molecule has 1 aromatic heterocycles. The van der Waals surface area contributed by atoms with Crippen LogP contribution in [0.5, 0.6) is 0 Å². The number of rotatable bonds is 2. The Morgan fingerprint density at radius 3 is 2.58 bits per heavy atom. The van der Waals surface area contributed by atoms with Crippen molar-refractivity contribution in [3.8, 4) is 0 Å². The summed E-state index contributed by atoms with van der Waals surface area (Å²) in [4.78, 5) is 14.6. The summed E-state index contributed by atoms with van der Waals surface area (Å²) in [7, 11) is 1.92. The number of nitrogens with one attached hydrogen (secondary N) is 1. The fourth-order valence-electron chi connectivity index (χ4n) is 2.84. The van der Waals surface area contributed by atoms with Crippen molar-refractivity contribution in [1.82, 2.24) is 10.2 Å². The van der Waals surface area contributed by atoms with Crippen LogP contribution in [0.25, 0.3) is 0 Å². The molecule has 1 fully saturated rings. The first-order valence-corrected chi connectivity index (χ1v) is 7.06. The summed E-state index contributed by atoms with van der Waals surface area (Å²) < 4.78 is 5.57. The SMILES string of the molecule is Cc1oc(C)c(C(=O)N(C)C2CCCNCC2)c1C. The smallest absolute Gasteiger partial charge is 0.257 e. The Morgan fingerprint density at radius 2 is 1.95 bits per heavy atom. The van der Waals surface area contributed by atoms with Gasteiger partial charge in [0, 0.05) is 18.7 Å². The fraction of sp³-hybridized carbons (Fsp3) is 0.667. The van der Waals surface area contributed by atoms with E-state index >= 15 is 0 Å². The first kappa shape index (κ1) is 14.1. The Hall–Kier alpha value is -1.29. The average Bonchev–Trinajstić information content (AvgIpc) is 2.62. The number of carbonyl (C=O) groups is 1. The number of furan rings is 1. The lowest BCUT2D eigenvalue weighted by Gasteiger charge is -2.27. The Kier molecular flexibility index (Phi) is 4.30. The van der Waals surface area contributed by atoms with Crippen molar-refractivity contribution in [3.63, 3.8) is 0 Å². The van der Waals surface area contributed by atoms with Crippen LogP contribution in [0.2, 0.25) is 0 Å². The highest BCUT2D eigenvalue weighted by Gasteiger charge is 2.26. The third kappa shape index (κ3) is 2.84. The first-order valence-electron chi connectivity index (χ1n) is 7.06. The molecule has 0 bridgehead atoms. The Morgan fingerprint density at radius 1 is 1.21 bits per heavy atom. The summed E-state index contributed by atoms with van der Waals surface area (Å²) in [6.07, 6.45) is 3.23. The van der Waals surface area contributed by atoms with E-state index in [0.29, 0.717) is 6.04 Å². The van der Waals surface area contributed by atoms with Gasteiger partial charge in [0.1, 0.15) is 11.5 Å². The summed E-state index contributed by atoms with van der Waals surface area (Å²) >= 11 is 0. The van der Waals surface area contributed by atoms with E-state index in [4.69, 9.17) is 4.42 Å². The molecule has 1 aromatic rings. The minimum atomic E-state index is 0.0961. The molecule has 4 heteroatoms. The van der Waals surface area contributed by atoms with Crippen molar-refractivity contribution in [2.45, 2.75) is 46.1 Å². The van der Waals surface area contributed by atoms with Crippen LogP contribution in [-0.2, 0) is 0 Å². The number of nitrogens with zero attached hydrogens (tertiary/aromatic N) is 1. The minimum Gasteiger partial charge on any atom is -0.466 e. The predicted octanol–water partition coefficient (Wildman–Crippen LogP) is 2.42. The van der Waals surface area contributed by atoms with Crippen LogP contribution >= 0.6 is 0 Å². The van der Waals surface area contributed by atoms with Gasteiger partial charge < -0.3 is 14.6 Å². The van der Waals surface area contributed by atoms with Gasteiger partial charge in [-0.05, 0) is 53.1 Å². The van der Waals surface area contributed by atoms with Crippen molar-refractivity contribution in [2.75, 3.05) is 20.1 Å². The van der Waals surface area contributed by atoms with Crippen LogP contribution in [0.15, 0.2) is 4.42 Å². The molecule has 0 aromatic carbocycles. The molecule has 1 aliphatic heterocycles. The molecule has 19 heavy (non-hydrogen) atoms. The average molecular weight is 264 g/mol. The molecule has 1 aliphatic rings. The molecule has 4 nitrogen and oxygen atoms in total. The zero-order valence-electron chi connectivity index (χ0n) is 12.4. The number of aryl methyl sites for hydroxylation is 2. The molecule has 2 rings (SSSR count). The topological polar surface area (TPSA) is 45.5 Å². The molecule has 0 aliphatic carbocycles. The van der Waals surface area contributed by atoms with Gasteiger partial charge in [-0.2, -0.15) is 0 Å². The lowest BCUT2D eigenvalue weighted by molar-refractivity contribution is 0.0718. The summed E-state index contributed by atoms with van der Waals surface area (Å²) in [6, 6.07) is 0.330. The minimum absolute atomic E-state index is 0.0961. The largest absolute Gasteiger partial charge is 0.466 e. The van der Waals surface area contributed by atoms with Gasteiger partial charge in [0.2, 0.25) is 0 Å². The van der Waals surface area contributed by atoms with E-state index in [1.807, 2.05) is 32.7 Å². The zero-order chi connectivity index (χ0) is 14.0. The standard InChI is InChI=1S/C15H24N2O2/c1-10-11(2)19-12(3)14(10)15(18)17(4)13-6-5-8-16-9-7-13/h13,16H,5-9H2,1-4H3. The second kappa shape index (κ2) is 5.78. The second-order valence-electron chi connectivity index (χ2n) is 5.47. The van der Waals surface area contributed by atoms with E-state index in [1.54, 1.807) is 0 Å². The summed E-state index contributed by atoms with van der Waals surface area (Å²) in [5.41, 5.74) is 1.72. The molecule has 1 amide bonds. The molecule has 1 atom stereocenters. The van der Waals surface area contributed by atoms with E-state index in [-0.39, 0.29) is 5.91 Å². The third-order valence-electron chi connectivity index (χ3n) is 4.19. The van der Waals surface area contributed by atoms with E-state index in [1.165, 1.54) is 0 Å². The second-order valence-corrected chi connectivity index (χ2v) is 5.47. The highest BCUT2D eigenvalue weighted by molar-refractivity contribution is 5.96. The molecule has 1 unspecified atom stereocenters. The molecular formula is C15H24N2O2. The third-order valence-corrected chi connectivity index (χ3v) is 4.19. The quantitative estimate of drug-likeness (QED) is 0.892. The Balaban J connectivity index is 2.18.